The summed E-state index contributed by atoms with van der Waals surface area (Å²) in [5.41, 5.74) is 2.15. The highest BCUT2D eigenvalue weighted by Crippen LogP contribution is 2.22. The number of phenols is 2. The summed E-state index contributed by atoms with van der Waals surface area (Å²) in [5.74, 6) is -3.22. The maximum Gasteiger partial charge on any atom is 0.328 e. The van der Waals surface area contributed by atoms with Gasteiger partial charge in [-0.3, -0.25) is 24.1 Å². The van der Waals surface area contributed by atoms with Crippen molar-refractivity contribution >= 4 is 29.7 Å². The molecule has 6 atom stereocenters. The molecule has 14 nitrogen and oxygen atoms in total. The fraction of sp³-hybridized carbons (Fsp3) is 0.477. The molecule has 3 aromatic carbocycles. The first kappa shape index (κ1) is 46.8. The molecule has 0 saturated carbocycles. The first-order valence-electron chi connectivity index (χ1n) is 19.4. The van der Waals surface area contributed by atoms with E-state index in [0.29, 0.717) is 29.7 Å². The van der Waals surface area contributed by atoms with Crippen molar-refractivity contribution < 1.29 is 48.4 Å². The number of hydrogen-bond donors (Lipinski definition) is 3. The zero-order chi connectivity index (χ0) is 43.3. The molecular weight excluding hydrogens is 745 g/mol. The fourth-order valence-electron chi connectivity index (χ4n) is 6.43. The van der Waals surface area contributed by atoms with Gasteiger partial charge < -0.3 is 39.5 Å². The van der Waals surface area contributed by atoms with E-state index in [2.05, 4.69) is 5.32 Å². The first-order chi connectivity index (χ1) is 27.4. The summed E-state index contributed by atoms with van der Waals surface area (Å²) in [5, 5.41) is 22.6. The molecule has 58 heavy (non-hydrogen) atoms. The van der Waals surface area contributed by atoms with Crippen molar-refractivity contribution in [3.63, 3.8) is 0 Å². The zero-order valence-corrected chi connectivity index (χ0v) is 35.3. The van der Waals surface area contributed by atoms with Crippen LogP contribution in [0.15, 0.2) is 72.8 Å². The minimum Gasteiger partial charge on any atom is -0.508 e. The lowest BCUT2D eigenvalue weighted by Crippen LogP contribution is -2.59. The van der Waals surface area contributed by atoms with Crippen LogP contribution in [0.25, 0.3) is 0 Å². The molecule has 0 saturated heterocycles. The predicted octanol–water partition coefficient (Wildman–Crippen LogP) is 3.99. The Hall–Kier alpha value is -5.63. The van der Waals surface area contributed by atoms with Crippen LogP contribution in [0, 0.1) is 11.8 Å². The number of carbonyl (C=O) groups excluding carboxylic acids is 5. The molecule has 0 bridgehead atoms. The van der Waals surface area contributed by atoms with E-state index in [9.17, 15) is 34.2 Å². The Balaban J connectivity index is 1.92. The summed E-state index contributed by atoms with van der Waals surface area (Å²) in [6, 6.07) is 15.6. The third kappa shape index (κ3) is 12.7. The maximum absolute atomic E-state index is 14.5. The number of likely N-dealkylation sites (N-methyl/N-ethyl adjacent to an activating group) is 3. The van der Waals surface area contributed by atoms with E-state index in [-0.39, 0.29) is 24.3 Å². The number of rotatable bonds is 20. The third-order valence-electron chi connectivity index (χ3n) is 10.5. The van der Waals surface area contributed by atoms with Crippen LogP contribution in [0.3, 0.4) is 0 Å². The SMILES string of the molecule is CC[C@@H](C)[C@@H](OC(=O)[C@H](Cc1ccc(OC)cc1)N(C)C)C(=O)N[C@H](C(=O)N(C)[C@H](Cc1ccc(O)cc1)C(=O)N(C)[C@H](Cc1ccc(O)cc1)C(=O)OC)C(C)C. The monoisotopic (exact) mass is 804 g/mol. The zero-order valence-electron chi connectivity index (χ0n) is 35.3. The second-order valence-corrected chi connectivity index (χ2v) is 15.2. The molecule has 0 heterocycles. The van der Waals surface area contributed by atoms with E-state index in [1.165, 1.54) is 55.3 Å². The summed E-state index contributed by atoms with van der Waals surface area (Å²) >= 11 is 0. The number of methoxy groups -OCH3 is 2. The summed E-state index contributed by atoms with van der Waals surface area (Å²) in [7, 11) is 9.21. The topological polar surface area (TPSA) is 175 Å². The summed E-state index contributed by atoms with van der Waals surface area (Å²) in [4.78, 5) is 74.2. The standard InChI is InChI=1S/C44H60N4O10/c1-11-28(4)39(58-44(55)36(46(5)6)25-31-16-22-34(56-9)23-17-31)40(51)45-38(27(2)3)42(53)47(7)35(24-29-12-18-32(49)19-13-29)41(52)48(8)37(43(54)57-10)26-30-14-20-33(50)21-15-30/h12-23,27-28,35-39,49-50H,11,24-26H2,1-10H3,(H,45,51)/t28-,35-,36+,37-,38+,39-/m1/s1. The van der Waals surface area contributed by atoms with Crippen LogP contribution < -0.4 is 10.1 Å². The average Bonchev–Trinajstić information content (AvgIpc) is 3.21. The largest absolute Gasteiger partial charge is 0.508 e. The number of nitrogens with one attached hydrogen (secondary N) is 1. The molecule has 3 rings (SSSR count). The molecule has 316 valence electrons. The normalized spacial score (nSPS) is 14.3. The van der Waals surface area contributed by atoms with E-state index in [1.54, 1.807) is 83.3 Å². The second-order valence-electron chi connectivity index (χ2n) is 15.2. The molecule has 14 heteroatoms. The molecule has 0 unspecified atom stereocenters. The Bertz CT molecular complexity index is 1820. The molecular formula is C44H60N4O10. The van der Waals surface area contributed by atoms with Crippen molar-refractivity contribution in [2.24, 2.45) is 11.8 Å². The van der Waals surface area contributed by atoms with Crippen molar-refractivity contribution in [3.8, 4) is 17.2 Å². The van der Waals surface area contributed by atoms with Gasteiger partial charge in [0, 0.05) is 32.9 Å². The van der Waals surface area contributed by atoms with Gasteiger partial charge in [-0.15, -0.1) is 0 Å². The fourth-order valence-corrected chi connectivity index (χ4v) is 6.43. The number of hydrogen-bond acceptors (Lipinski definition) is 11. The smallest absolute Gasteiger partial charge is 0.328 e. The Kier molecular flexibility index (Phi) is 17.5. The van der Waals surface area contributed by atoms with Gasteiger partial charge in [0.1, 0.15) is 41.4 Å². The number of nitrogens with zero attached hydrogens (tertiary/aromatic N) is 3. The van der Waals surface area contributed by atoms with E-state index < -0.39 is 71.8 Å². The van der Waals surface area contributed by atoms with Crippen LogP contribution in [0.5, 0.6) is 17.2 Å². The van der Waals surface area contributed by atoms with Gasteiger partial charge in [-0.2, -0.15) is 0 Å². The van der Waals surface area contributed by atoms with Crippen LogP contribution in [0.1, 0.15) is 50.8 Å². The van der Waals surface area contributed by atoms with Crippen LogP contribution in [0.4, 0.5) is 0 Å². The van der Waals surface area contributed by atoms with Gasteiger partial charge in [0.2, 0.25) is 11.8 Å². The number of benzene rings is 3. The van der Waals surface area contributed by atoms with Crippen LogP contribution in [0.2, 0.25) is 0 Å². The van der Waals surface area contributed by atoms with Crippen LogP contribution in [-0.2, 0) is 52.7 Å². The second kappa shape index (κ2) is 21.8. The Labute approximate surface area is 342 Å². The molecule has 3 amide bonds. The number of ether oxygens (including phenoxy) is 3. The molecule has 0 aliphatic rings. The number of amides is 3. The minimum atomic E-state index is -1.23. The minimum absolute atomic E-state index is 0.00475. The number of aromatic hydroxyl groups is 2. The van der Waals surface area contributed by atoms with Crippen molar-refractivity contribution in [2.75, 3.05) is 42.4 Å². The van der Waals surface area contributed by atoms with Gasteiger partial charge in [0.15, 0.2) is 6.10 Å². The highest BCUT2D eigenvalue weighted by molar-refractivity contribution is 5.95. The van der Waals surface area contributed by atoms with E-state index in [0.717, 1.165) is 5.56 Å². The molecule has 0 radical (unpaired) electrons. The van der Waals surface area contributed by atoms with E-state index >= 15 is 0 Å². The molecule has 0 aromatic heterocycles. The number of esters is 2. The summed E-state index contributed by atoms with van der Waals surface area (Å²) < 4.78 is 16.3. The Morgan fingerprint density at radius 1 is 0.638 bits per heavy atom. The molecule has 0 fully saturated rings. The quantitative estimate of drug-likeness (QED) is 0.141. The lowest BCUT2D eigenvalue weighted by atomic mass is 9.96. The molecule has 3 aromatic rings. The summed E-state index contributed by atoms with van der Waals surface area (Å²) in [6.45, 7) is 7.18. The van der Waals surface area contributed by atoms with Gasteiger partial charge in [-0.1, -0.05) is 64.1 Å². The highest BCUT2D eigenvalue weighted by atomic mass is 16.6. The van der Waals surface area contributed by atoms with Gasteiger partial charge in [0.25, 0.3) is 5.91 Å². The molecule has 3 N–H and O–H groups in total. The van der Waals surface area contributed by atoms with Gasteiger partial charge in [0.05, 0.1) is 14.2 Å². The van der Waals surface area contributed by atoms with Gasteiger partial charge in [-0.25, -0.2) is 4.79 Å². The third-order valence-corrected chi connectivity index (χ3v) is 10.5. The van der Waals surface area contributed by atoms with Crippen LogP contribution in [-0.4, -0.2) is 127 Å². The highest BCUT2D eigenvalue weighted by Gasteiger charge is 2.40. The van der Waals surface area contributed by atoms with E-state index in [4.69, 9.17) is 14.2 Å². The van der Waals surface area contributed by atoms with Crippen molar-refractivity contribution in [1.82, 2.24) is 20.0 Å². The van der Waals surface area contributed by atoms with E-state index in [1.807, 2.05) is 19.1 Å². The van der Waals surface area contributed by atoms with Crippen molar-refractivity contribution in [1.29, 1.82) is 0 Å². The van der Waals surface area contributed by atoms with Crippen molar-refractivity contribution in [3.05, 3.63) is 89.5 Å². The Morgan fingerprint density at radius 2 is 1.09 bits per heavy atom. The number of phenolic OH excluding ortho intramolecular Hbond substituents is 2. The van der Waals surface area contributed by atoms with Crippen LogP contribution >= 0.6 is 0 Å². The lowest BCUT2D eigenvalue weighted by Gasteiger charge is -2.36. The van der Waals surface area contributed by atoms with Crippen molar-refractivity contribution in [2.45, 2.75) is 83.6 Å². The average molecular weight is 805 g/mol. The predicted molar refractivity (Wildman–Crippen MR) is 219 cm³/mol. The Morgan fingerprint density at radius 3 is 1.52 bits per heavy atom. The first-order valence-corrected chi connectivity index (χ1v) is 19.4. The van der Waals surface area contributed by atoms with Gasteiger partial charge in [-0.05, 0) is 85.9 Å². The lowest BCUT2D eigenvalue weighted by molar-refractivity contribution is -0.164. The molecule has 0 spiro atoms. The maximum atomic E-state index is 14.5. The van der Waals surface area contributed by atoms with Gasteiger partial charge >= 0.3 is 11.9 Å². The molecule has 0 aliphatic carbocycles. The number of carbonyl (C=O) groups is 5. The molecule has 0 aliphatic heterocycles. The summed E-state index contributed by atoms with van der Waals surface area (Å²) in [6.07, 6.45) is -0.341.